The second kappa shape index (κ2) is 8.44. The van der Waals surface area contributed by atoms with E-state index in [0.29, 0.717) is 11.8 Å². The maximum absolute atomic E-state index is 13.7. The average molecular weight is 458 g/mol. The summed E-state index contributed by atoms with van der Waals surface area (Å²) in [6, 6.07) is 7.77. The first-order chi connectivity index (χ1) is 14.4. The number of pyridine rings is 1. The molecule has 0 atom stereocenters. The molecule has 2 heterocycles. The third kappa shape index (κ3) is 4.65. The average Bonchev–Trinajstić information content (AvgIpc) is 2.62. The van der Waals surface area contributed by atoms with Gasteiger partial charge in [-0.15, -0.1) is 0 Å². The molecule has 0 spiro atoms. The van der Waals surface area contributed by atoms with Gasteiger partial charge in [-0.25, -0.2) is 14.5 Å². The summed E-state index contributed by atoms with van der Waals surface area (Å²) in [7, 11) is -4.06. The fraction of sp³-hybridized carbons (Fsp3) is 0.368. The number of amides is 1. The number of nitrogens with zero attached hydrogens (tertiary/aromatic N) is 2. The van der Waals surface area contributed by atoms with Crippen molar-refractivity contribution in [2.24, 2.45) is 5.14 Å². The van der Waals surface area contributed by atoms with Crippen LogP contribution in [0.1, 0.15) is 30.9 Å². The molecule has 0 radical (unpaired) electrons. The Hall–Kier alpha value is -2.70. The van der Waals surface area contributed by atoms with Gasteiger partial charge in [0.1, 0.15) is 16.9 Å². The Labute approximate surface area is 177 Å². The summed E-state index contributed by atoms with van der Waals surface area (Å²) in [5, 5.41) is 7.57. The lowest BCUT2D eigenvalue weighted by Gasteiger charge is -2.48. The van der Waals surface area contributed by atoms with Crippen molar-refractivity contribution in [1.29, 1.82) is 0 Å². The smallest absolute Gasteiger partial charge is 0.388 e. The number of nitrogens with two attached hydrogens (primary N) is 1. The predicted octanol–water partition coefficient (Wildman–Crippen LogP) is 2.34. The van der Waals surface area contributed by atoms with Crippen LogP contribution >= 0.6 is 0 Å². The van der Waals surface area contributed by atoms with Crippen molar-refractivity contribution in [2.75, 3.05) is 18.4 Å². The summed E-state index contributed by atoms with van der Waals surface area (Å²) < 4.78 is 67.7. The van der Waals surface area contributed by atoms with Crippen LogP contribution in [0.25, 0.3) is 0 Å². The van der Waals surface area contributed by atoms with Crippen molar-refractivity contribution in [3.63, 3.8) is 0 Å². The summed E-state index contributed by atoms with van der Waals surface area (Å²) in [6.07, 6.45) is 0.670. The van der Waals surface area contributed by atoms with Gasteiger partial charge in [0, 0.05) is 19.2 Å². The zero-order valence-corrected chi connectivity index (χ0v) is 17.5. The molecule has 8 nitrogen and oxygen atoms in total. The van der Waals surface area contributed by atoms with Crippen LogP contribution in [-0.4, -0.2) is 43.3 Å². The van der Waals surface area contributed by atoms with Crippen LogP contribution in [0.5, 0.6) is 5.88 Å². The molecule has 1 saturated heterocycles. The Morgan fingerprint density at radius 1 is 1.29 bits per heavy atom. The zero-order chi connectivity index (χ0) is 23.0. The van der Waals surface area contributed by atoms with Crippen molar-refractivity contribution in [3.8, 4) is 5.88 Å². The molecule has 12 heteroatoms. The predicted molar refractivity (Wildman–Crippen MR) is 106 cm³/mol. The first kappa shape index (κ1) is 23.0. The summed E-state index contributed by atoms with van der Waals surface area (Å²) >= 11 is 0. The minimum Gasteiger partial charge on any atom is -0.415 e. The molecule has 0 saturated carbocycles. The van der Waals surface area contributed by atoms with Gasteiger partial charge in [0.15, 0.2) is 0 Å². The Balaban J connectivity index is 2.03. The fourth-order valence-electron chi connectivity index (χ4n) is 3.54. The molecule has 1 fully saturated rings. The lowest BCUT2D eigenvalue weighted by Crippen LogP contribution is -2.67. The number of benzene rings is 1. The minimum atomic E-state index is -4.06. The van der Waals surface area contributed by atoms with Gasteiger partial charge in [0.2, 0.25) is 11.8 Å². The number of rotatable bonds is 7. The first-order valence-electron chi connectivity index (χ1n) is 9.23. The van der Waals surface area contributed by atoms with E-state index in [9.17, 15) is 26.4 Å². The highest BCUT2D eigenvalue weighted by molar-refractivity contribution is 7.86. The van der Waals surface area contributed by atoms with Gasteiger partial charge in [0.25, 0.3) is 10.2 Å². The molecular weight excluding hydrogens is 437 g/mol. The van der Waals surface area contributed by atoms with E-state index in [1.54, 1.807) is 18.2 Å². The number of aromatic nitrogens is 1. The van der Waals surface area contributed by atoms with Crippen molar-refractivity contribution in [3.05, 3.63) is 53.5 Å². The van der Waals surface area contributed by atoms with E-state index in [-0.39, 0.29) is 19.0 Å². The Morgan fingerprint density at radius 2 is 1.94 bits per heavy atom. The standard InChI is InChI=1S/C19H21F3N4O4S/c1-11(2)13-5-3-4-6-14(13)19(9-26(10-19)31(23,28)29)17(27)25-15-7-12(20)8-24-16(15)30-18(21)22/h3-8,11,18H,9-10H2,1-2H3,(H,25,27)(H2,23,28,29). The number of hydrogen-bond acceptors (Lipinski definition) is 5. The summed E-state index contributed by atoms with van der Waals surface area (Å²) in [4.78, 5) is 16.8. The third-order valence-electron chi connectivity index (χ3n) is 5.05. The number of carbonyl (C=O) groups is 1. The summed E-state index contributed by atoms with van der Waals surface area (Å²) in [6.45, 7) is 0.0348. The highest BCUT2D eigenvalue weighted by Crippen LogP contribution is 2.41. The summed E-state index contributed by atoms with van der Waals surface area (Å²) in [5.74, 6) is -2.28. The van der Waals surface area contributed by atoms with Crippen molar-refractivity contribution in [1.82, 2.24) is 9.29 Å². The Bertz CT molecular complexity index is 1090. The van der Waals surface area contributed by atoms with E-state index in [2.05, 4.69) is 15.0 Å². The summed E-state index contributed by atoms with van der Waals surface area (Å²) in [5.41, 5.74) is -0.418. The van der Waals surface area contributed by atoms with Crippen LogP contribution in [-0.2, 0) is 20.4 Å². The normalized spacial score (nSPS) is 16.3. The second-order valence-electron chi connectivity index (χ2n) is 7.48. The van der Waals surface area contributed by atoms with E-state index < -0.39 is 45.5 Å². The molecule has 1 aliphatic heterocycles. The Morgan fingerprint density at radius 3 is 2.52 bits per heavy atom. The maximum Gasteiger partial charge on any atom is 0.388 e. The van der Waals surface area contributed by atoms with Crippen LogP contribution in [0, 0.1) is 5.82 Å². The lowest BCUT2D eigenvalue weighted by molar-refractivity contribution is -0.125. The van der Waals surface area contributed by atoms with Crippen molar-refractivity contribution < 1.29 is 31.1 Å². The zero-order valence-electron chi connectivity index (χ0n) is 16.7. The molecule has 0 bridgehead atoms. The van der Waals surface area contributed by atoms with E-state index in [1.807, 2.05) is 19.9 Å². The highest BCUT2D eigenvalue weighted by atomic mass is 32.2. The van der Waals surface area contributed by atoms with Crippen LogP contribution in [0.3, 0.4) is 0 Å². The number of alkyl halides is 2. The van der Waals surface area contributed by atoms with Crippen LogP contribution in [0.15, 0.2) is 36.5 Å². The molecule has 3 rings (SSSR count). The van der Waals surface area contributed by atoms with Gasteiger partial charge in [0.05, 0.1) is 6.20 Å². The number of carbonyl (C=O) groups excluding carboxylic acids is 1. The molecule has 1 aliphatic rings. The second-order valence-corrected chi connectivity index (χ2v) is 9.02. The van der Waals surface area contributed by atoms with Crippen molar-refractivity contribution >= 4 is 21.8 Å². The molecule has 0 aliphatic carbocycles. The molecule has 1 amide bonds. The fourth-order valence-corrected chi connectivity index (χ4v) is 4.35. The number of halogens is 3. The molecule has 1 aromatic carbocycles. The number of ether oxygens (including phenoxy) is 1. The number of anilines is 1. The van der Waals surface area contributed by atoms with Crippen LogP contribution in [0.2, 0.25) is 0 Å². The van der Waals surface area contributed by atoms with E-state index in [4.69, 9.17) is 5.14 Å². The molecule has 3 N–H and O–H groups in total. The first-order valence-corrected chi connectivity index (χ1v) is 10.7. The van der Waals surface area contributed by atoms with Gasteiger partial charge in [-0.05, 0) is 17.0 Å². The van der Waals surface area contributed by atoms with Gasteiger partial charge < -0.3 is 10.1 Å². The monoisotopic (exact) mass is 458 g/mol. The molecular formula is C19H21F3N4O4S. The molecule has 31 heavy (non-hydrogen) atoms. The van der Waals surface area contributed by atoms with Gasteiger partial charge in [-0.2, -0.15) is 21.5 Å². The number of nitrogens with one attached hydrogen (secondary N) is 1. The minimum absolute atomic E-state index is 0.00188. The highest BCUT2D eigenvalue weighted by Gasteiger charge is 2.55. The van der Waals surface area contributed by atoms with E-state index >= 15 is 0 Å². The topological polar surface area (TPSA) is 115 Å². The lowest BCUT2D eigenvalue weighted by atomic mass is 9.71. The third-order valence-corrected chi connectivity index (χ3v) is 6.03. The van der Waals surface area contributed by atoms with Gasteiger partial charge in [-0.3, -0.25) is 4.79 Å². The Kier molecular flexibility index (Phi) is 6.25. The van der Waals surface area contributed by atoms with Crippen LogP contribution in [0.4, 0.5) is 18.9 Å². The van der Waals surface area contributed by atoms with Gasteiger partial charge >= 0.3 is 6.61 Å². The molecule has 0 unspecified atom stereocenters. The SMILES string of the molecule is CC(C)c1ccccc1C1(C(=O)Nc2cc(F)cnc2OC(F)F)CN(S(N)(=O)=O)C1. The molecule has 1 aromatic heterocycles. The quantitative estimate of drug-likeness (QED) is 0.661. The van der Waals surface area contributed by atoms with Crippen molar-refractivity contribution in [2.45, 2.75) is 31.8 Å². The molecule has 2 aromatic rings. The van der Waals surface area contributed by atoms with E-state index in [1.165, 1.54) is 0 Å². The largest absolute Gasteiger partial charge is 0.415 e. The van der Waals surface area contributed by atoms with E-state index in [0.717, 1.165) is 15.9 Å². The maximum atomic E-state index is 13.7. The molecule has 168 valence electrons. The van der Waals surface area contributed by atoms with Gasteiger partial charge in [-0.1, -0.05) is 38.1 Å². The van der Waals surface area contributed by atoms with Crippen LogP contribution < -0.4 is 15.2 Å². The number of hydrogen-bond donors (Lipinski definition) is 2.